The molecule has 0 saturated heterocycles. The molecule has 0 fully saturated rings. The van der Waals surface area contributed by atoms with Crippen molar-refractivity contribution in [3.05, 3.63) is 88.3 Å². The normalized spacial score (nSPS) is 11.9. The van der Waals surface area contributed by atoms with Crippen LogP contribution in [0.25, 0.3) is 21.8 Å². The lowest BCUT2D eigenvalue weighted by Gasteiger charge is -2.16. The van der Waals surface area contributed by atoms with E-state index < -0.39 is 5.97 Å². The number of nitrogens with zero attached hydrogens (tertiary/aromatic N) is 2. The van der Waals surface area contributed by atoms with Crippen LogP contribution in [-0.2, 0) is 27.3 Å². The predicted octanol–water partition coefficient (Wildman–Crippen LogP) is 4.70. The van der Waals surface area contributed by atoms with Gasteiger partial charge in [-0.1, -0.05) is 67.9 Å². The highest BCUT2D eigenvalue weighted by molar-refractivity contribution is 5.87. The number of hydrogen-bond donors (Lipinski definition) is 1. The van der Waals surface area contributed by atoms with Crippen molar-refractivity contribution < 1.29 is 14.3 Å². The van der Waals surface area contributed by atoms with E-state index in [1.165, 1.54) is 0 Å². The summed E-state index contributed by atoms with van der Waals surface area (Å²) in [5.41, 5.74) is 2.65. The molecule has 0 aliphatic heterocycles. The molecular formula is C29H31N3O4. The third-order valence-electron chi connectivity index (χ3n) is 6.25. The monoisotopic (exact) mass is 485 g/mol. The Balaban J connectivity index is 1.34. The molecule has 4 rings (SSSR count). The quantitative estimate of drug-likeness (QED) is 0.329. The molecular weight excluding hydrogens is 454 g/mol. The van der Waals surface area contributed by atoms with E-state index in [9.17, 15) is 14.4 Å². The molecule has 186 valence electrons. The molecule has 0 radical (unpaired) electrons. The van der Waals surface area contributed by atoms with Gasteiger partial charge in [-0.15, -0.1) is 0 Å². The predicted molar refractivity (Wildman–Crippen MR) is 141 cm³/mol. The summed E-state index contributed by atoms with van der Waals surface area (Å²) < 4.78 is 6.92. The van der Waals surface area contributed by atoms with E-state index in [1.807, 2.05) is 73.7 Å². The third-order valence-corrected chi connectivity index (χ3v) is 6.25. The Morgan fingerprint density at radius 2 is 1.78 bits per heavy atom. The number of para-hydroxylation sites is 2. The number of aromatic nitrogens is 2. The van der Waals surface area contributed by atoms with Crippen LogP contribution in [0.15, 0.2) is 71.5 Å². The summed E-state index contributed by atoms with van der Waals surface area (Å²) in [5.74, 6) is -0.924. The average molecular weight is 486 g/mol. The summed E-state index contributed by atoms with van der Waals surface area (Å²) in [7, 11) is 0. The van der Waals surface area contributed by atoms with Crippen molar-refractivity contribution in [3.63, 3.8) is 0 Å². The Morgan fingerprint density at radius 3 is 2.61 bits per heavy atom. The molecule has 1 aromatic heterocycles. The fourth-order valence-electron chi connectivity index (χ4n) is 4.37. The zero-order chi connectivity index (χ0) is 25.5. The minimum atomic E-state index is -0.544. The molecule has 1 atom stereocenters. The van der Waals surface area contributed by atoms with Gasteiger partial charge in [-0.2, -0.15) is 0 Å². The number of ether oxygens (including phenoxy) is 1. The largest absolute Gasteiger partial charge is 0.456 e. The first-order valence-electron chi connectivity index (χ1n) is 12.4. The number of unbranched alkanes of at least 4 members (excludes halogenated alkanes) is 1. The third kappa shape index (κ3) is 5.79. The topological polar surface area (TPSA) is 90.3 Å². The van der Waals surface area contributed by atoms with Gasteiger partial charge in [0, 0.05) is 13.0 Å². The van der Waals surface area contributed by atoms with E-state index in [2.05, 4.69) is 17.2 Å². The number of amides is 1. The van der Waals surface area contributed by atoms with Crippen LogP contribution in [0.2, 0.25) is 0 Å². The van der Waals surface area contributed by atoms with Crippen LogP contribution in [0.5, 0.6) is 0 Å². The number of hydrogen-bond acceptors (Lipinski definition) is 5. The molecule has 4 aromatic rings. The van der Waals surface area contributed by atoms with Crippen molar-refractivity contribution in [2.24, 2.45) is 0 Å². The molecule has 0 aliphatic rings. The van der Waals surface area contributed by atoms with Gasteiger partial charge >= 0.3 is 5.97 Å². The molecule has 0 aliphatic carbocycles. The van der Waals surface area contributed by atoms with E-state index in [0.717, 1.165) is 40.2 Å². The lowest BCUT2D eigenvalue weighted by Crippen LogP contribution is -2.31. The maximum Gasteiger partial charge on any atom is 0.306 e. The molecule has 0 saturated carbocycles. The molecule has 0 bridgehead atoms. The fourth-order valence-corrected chi connectivity index (χ4v) is 4.37. The number of nitrogens with one attached hydrogen (secondary N) is 1. The Kier molecular flexibility index (Phi) is 8.10. The number of aryl methyl sites for hydroxylation is 2. The summed E-state index contributed by atoms with van der Waals surface area (Å²) in [5, 5.41) is 5.05. The van der Waals surface area contributed by atoms with Crippen LogP contribution >= 0.6 is 0 Å². The molecule has 1 unspecified atom stereocenters. The van der Waals surface area contributed by atoms with Crippen molar-refractivity contribution in [3.8, 4) is 0 Å². The van der Waals surface area contributed by atoms with Gasteiger partial charge in [-0.05, 0) is 41.8 Å². The molecule has 1 heterocycles. The van der Waals surface area contributed by atoms with Gasteiger partial charge in [-0.25, -0.2) is 4.98 Å². The van der Waals surface area contributed by atoms with Crippen molar-refractivity contribution in [1.29, 1.82) is 0 Å². The van der Waals surface area contributed by atoms with E-state index in [0.29, 0.717) is 12.2 Å². The molecule has 36 heavy (non-hydrogen) atoms. The smallest absolute Gasteiger partial charge is 0.306 e. The van der Waals surface area contributed by atoms with Gasteiger partial charge in [0.2, 0.25) is 0 Å². The lowest BCUT2D eigenvalue weighted by atomic mass is 10.00. The van der Waals surface area contributed by atoms with Gasteiger partial charge in [0.15, 0.2) is 6.61 Å². The number of esters is 1. The Morgan fingerprint density at radius 1 is 1.03 bits per heavy atom. The van der Waals surface area contributed by atoms with Crippen molar-refractivity contribution in [2.45, 2.75) is 52.1 Å². The molecule has 0 spiro atoms. The highest BCUT2D eigenvalue weighted by Crippen LogP contribution is 2.24. The number of carbonyl (C=O) groups is 2. The summed E-state index contributed by atoms with van der Waals surface area (Å²) in [4.78, 5) is 42.3. The molecule has 1 N–H and O–H groups in total. The molecule has 3 aromatic carbocycles. The summed E-state index contributed by atoms with van der Waals surface area (Å²) >= 11 is 0. The summed E-state index contributed by atoms with van der Waals surface area (Å²) in [6, 6.07) is 21.2. The number of benzene rings is 3. The van der Waals surface area contributed by atoms with Crippen LogP contribution in [-0.4, -0.2) is 28.0 Å². The average Bonchev–Trinajstić information content (AvgIpc) is 2.90. The highest BCUT2D eigenvalue weighted by Gasteiger charge is 2.16. The van der Waals surface area contributed by atoms with Crippen LogP contribution in [0.3, 0.4) is 0 Å². The van der Waals surface area contributed by atoms with Crippen LogP contribution < -0.4 is 10.9 Å². The van der Waals surface area contributed by atoms with E-state index >= 15 is 0 Å². The van der Waals surface area contributed by atoms with Gasteiger partial charge < -0.3 is 14.6 Å². The second kappa shape index (κ2) is 11.6. The zero-order valence-electron chi connectivity index (χ0n) is 20.7. The van der Waals surface area contributed by atoms with Gasteiger partial charge in [-0.3, -0.25) is 14.4 Å². The Bertz CT molecular complexity index is 1440. The van der Waals surface area contributed by atoms with Crippen molar-refractivity contribution >= 4 is 33.7 Å². The van der Waals surface area contributed by atoms with Crippen molar-refractivity contribution in [1.82, 2.24) is 14.9 Å². The SMILES string of the molecule is CCCCn1c(=O)c(CCC(=O)OCC(=O)NC(C)c2cccc3ccccc23)nc2ccccc21. The highest BCUT2D eigenvalue weighted by atomic mass is 16.5. The second-order valence-electron chi connectivity index (χ2n) is 8.88. The number of carbonyl (C=O) groups excluding carboxylic acids is 2. The first-order chi connectivity index (χ1) is 17.5. The summed E-state index contributed by atoms with van der Waals surface area (Å²) in [6.45, 7) is 4.20. The molecule has 7 nitrogen and oxygen atoms in total. The first-order valence-corrected chi connectivity index (χ1v) is 12.4. The van der Waals surface area contributed by atoms with E-state index in [-0.39, 0.29) is 37.0 Å². The van der Waals surface area contributed by atoms with Crippen LogP contribution in [0, 0.1) is 0 Å². The van der Waals surface area contributed by atoms with E-state index in [4.69, 9.17) is 4.74 Å². The van der Waals surface area contributed by atoms with Gasteiger partial charge in [0.25, 0.3) is 11.5 Å². The van der Waals surface area contributed by atoms with Gasteiger partial charge in [0.1, 0.15) is 5.69 Å². The second-order valence-corrected chi connectivity index (χ2v) is 8.88. The summed E-state index contributed by atoms with van der Waals surface area (Å²) in [6.07, 6.45) is 1.97. The minimum Gasteiger partial charge on any atom is -0.456 e. The zero-order valence-corrected chi connectivity index (χ0v) is 20.7. The Labute approximate surface area is 210 Å². The van der Waals surface area contributed by atoms with Crippen LogP contribution in [0.4, 0.5) is 0 Å². The maximum absolute atomic E-state index is 13.0. The number of fused-ring (bicyclic) bond motifs is 2. The maximum atomic E-state index is 13.0. The van der Waals surface area contributed by atoms with Gasteiger partial charge in [0.05, 0.1) is 23.5 Å². The fraction of sp³-hybridized carbons (Fsp3) is 0.310. The Hall–Kier alpha value is -4.00. The first kappa shape index (κ1) is 25.1. The minimum absolute atomic E-state index is 0.0273. The number of rotatable bonds is 10. The molecule has 1 amide bonds. The van der Waals surface area contributed by atoms with Crippen LogP contribution in [0.1, 0.15) is 50.4 Å². The lowest BCUT2D eigenvalue weighted by molar-refractivity contribution is -0.148. The van der Waals surface area contributed by atoms with E-state index in [1.54, 1.807) is 4.57 Å². The standard InChI is InChI=1S/C29H31N3O4/c1-3-4-18-32-26-15-8-7-14-24(26)31-25(29(32)35)16-17-28(34)36-19-27(33)30-20(2)22-13-9-11-21-10-5-6-12-23(21)22/h5-15,20H,3-4,16-19H2,1-2H3,(H,30,33). The molecule has 7 heteroatoms. The van der Waals surface area contributed by atoms with Crippen molar-refractivity contribution in [2.75, 3.05) is 6.61 Å².